The molecule has 2 atom stereocenters. The maximum atomic E-state index is 11.3. The highest BCUT2D eigenvalue weighted by molar-refractivity contribution is 5.78. The van der Waals surface area contributed by atoms with Crippen molar-refractivity contribution in [3.05, 3.63) is 0 Å². The van der Waals surface area contributed by atoms with Gasteiger partial charge in [0.15, 0.2) is 0 Å². The van der Waals surface area contributed by atoms with Crippen LogP contribution in [0.5, 0.6) is 0 Å². The number of rotatable bonds is 6. The summed E-state index contributed by atoms with van der Waals surface area (Å²) >= 11 is 0. The Morgan fingerprint density at radius 3 is 2.56 bits per heavy atom. The third-order valence-electron chi connectivity index (χ3n) is 3.64. The summed E-state index contributed by atoms with van der Waals surface area (Å²) in [7, 11) is 0. The van der Waals surface area contributed by atoms with Gasteiger partial charge in [-0.25, -0.2) is 0 Å². The molecule has 0 bridgehead atoms. The summed E-state index contributed by atoms with van der Waals surface area (Å²) in [5.41, 5.74) is -0.800. The van der Waals surface area contributed by atoms with Gasteiger partial charge >= 0.3 is 5.97 Å². The highest BCUT2D eigenvalue weighted by Crippen LogP contribution is 2.21. The summed E-state index contributed by atoms with van der Waals surface area (Å²) in [6.07, 6.45) is 3.45. The zero-order valence-corrected chi connectivity index (χ0v) is 10.5. The van der Waals surface area contributed by atoms with Gasteiger partial charge in [-0.2, -0.15) is 0 Å². The van der Waals surface area contributed by atoms with E-state index in [1.165, 1.54) is 0 Å². The number of nitrogens with one attached hydrogen (secondary N) is 1. The molecule has 1 fully saturated rings. The monoisotopic (exact) mass is 229 g/mol. The predicted molar refractivity (Wildman–Crippen MR) is 62.5 cm³/mol. The van der Waals surface area contributed by atoms with E-state index in [0.29, 0.717) is 12.8 Å². The van der Waals surface area contributed by atoms with Gasteiger partial charge < -0.3 is 9.84 Å². The molecule has 2 N–H and O–H groups in total. The smallest absolute Gasteiger partial charge is 0.323 e. The fraction of sp³-hybridized carbons (Fsp3) is 0.917. The zero-order chi connectivity index (χ0) is 12.2. The van der Waals surface area contributed by atoms with Gasteiger partial charge in [-0.3, -0.25) is 10.1 Å². The Kier molecular flexibility index (Phi) is 4.74. The number of carbonyl (C=O) groups is 1. The SMILES string of the molecule is CCC(CC)(NC(C)C1CCCO1)C(=O)O. The van der Waals surface area contributed by atoms with Crippen LogP contribution in [0.1, 0.15) is 46.5 Å². The summed E-state index contributed by atoms with van der Waals surface area (Å²) < 4.78 is 5.57. The van der Waals surface area contributed by atoms with Crippen molar-refractivity contribution in [1.82, 2.24) is 5.32 Å². The van der Waals surface area contributed by atoms with E-state index in [4.69, 9.17) is 4.74 Å². The van der Waals surface area contributed by atoms with Gasteiger partial charge in [0.1, 0.15) is 5.54 Å². The van der Waals surface area contributed by atoms with Crippen LogP contribution in [0, 0.1) is 0 Å². The maximum absolute atomic E-state index is 11.3. The number of ether oxygens (including phenoxy) is 1. The fourth-order valence-electron chi connectivity index (χ4n) is 2.34. The van der Waals surface area contributed by atoms with Gasteiger partial charge in [-0.15, -0.1) is 0 Å². The highest BCUT2D eigenvalue weighted by atomic mass is 16.5. The van der Waals surface area contributed by atoms with Crippen molar-refractivity contribution < 1.29 is 14.6 Å². The second kappa shape index (κ2) is 5.64. The zero-order valence-electron chi connectivity index (χ0n) is 10.5. The molecular weight excluding hydrogens is 206 g/mol. The molecule has 16 heavy (non-hydrogen) atoms. The Bertz CT molecular complexity index is 232. The molecule has 0 amide bonds. The Morgan fingerprint density at radius 2 is 2.19 bits per heavy atom. The molecule has 0 aromatic carbocycles. The van der Waals surface area contributed by atoms with Gasteiger partial charge in [-0.05, 0) is 32.6 Å². The minimum Gasteiger partial charge on any atom is -0.480 e. The number of hydrogen-bond acceptors (Lipinski definition) is 3. The van der Waals surface area contributed by atoms with Gasteiger partial charge in [-0.1, -0.05) is 13.8 Å². The van der Waals surface area contributed by atoms with Crippen LogP contribution in [0.3, 0.4) is 0 Å². The number of hydrogen-bond donors (Lipinski definition) is 2. The molecule has 0 spiro atoms. The third-order valence-corrected chi connectivity index (χ3v) is 3.64. The van der Waals surface area contributed by atoms with Crippen LogP contribution in [0.2, 0.25) is 0 Å². The molecule has 94 valence electrons. The lowest BCUT2D eigenvalue weighted by Crippen LogP contribution is -2.57. The molecule has 0 aromatic rings. The van der Waals surface area contributed by atoms with Gasteiger partial charge in [0.25, 0.3) is 0 Å². The molecule has 1 rings (SSSR count). The first-order valence-electron chi connectivity index (χ1n) is 6.18. The van der Waals surface area contributed by atoms with E-state index in [9.17, 15) is 9.90 Å². The minimum absolute atomic E-state index is 0.0958. The second-order valence-corrected chi connectivity index (χ2v) is 4.58. The Labute approximate surface area is 97.4 Å². The van der Waals surface area contributed by atoms with E-state index < -0.39 is 11.5 Å². The summed E-state index contributed by atoms with van der Waals surface area (Å²) in [5, 5.41) is 12.6. The average Bonchev–Trinajstić information content (AvgIpc) is 2.78. The van der Waals surface area contributed by atoms with Crippen LogP contribution in [0.4, 0.5) is 0 Å². The molecule has 0 radical (unpaired) electrons. The maximum Gasteiger partial charge on any atom is 0.323 e. The molecule has 0 aromatic heterocycles. The van der Waals surface area contributed by atoms with Crippen molar-refractivity contribution in [2.75, 3.05) is 6.61 Å². The van der Waals surface area contributed by atoms with E-state index in [2.05, 4.69) is 5.32 Å². The van der Waals surface area contributed by atoms with E-state index in [-0.39, 0.29) is 12.1 Å². The molecular formula is C12H23NO3. The van der Waals surface area contributed by atoms with Crippen molar-refractivity contribution in [2.45, 2.75) is 64.1 Å². The second-order valence-electron chi connectivity index (χ2n) is 4.58. The van der Waals surface area contributed by atoms with E-state index in [0.717, 1.165) is 19.4 Å². The standard InChI is InChI=1S/C12H23NO3/c1-4-12(5-2,11(14)15)13-9(3)10-7-6-8-16-10/h9-10,13H,4-8H2,1-3H3,(H,14,15). The number of carboxylic acid groups (broad SMARTS) is 1. The molecule has 2 unspecified atom stereocenters. The molecule has 1 aliphatic rings. The topological polar surface area (TPSA) is 58.6 Å². The molecule has 1 saturated heterocycles. The van der Waals surface area contributed by atoms with Crippen molar-refractivity contribution in [3.63, 3.8) is 0 Å². The Hall–Kier alpha value is -0.610. The summed E-state index contributed by atoms with van der Waals surface area (Å²) in [4.78, 5) is 11.3. The summed E-state index contributed by atoms with van der Waals surface area (Å²) in [5.74, 6) is -0.762. The van der Waals surface area contributed by atoms with Crippen LogP contribution in [0.25, 0.3) is 0 Å². The largest absolute Gasteiger partial charge is 0.480 e. The molecule has 0 aliphatic carbocycles. The average molecular weight is 229 g/mol. The van der Waals surface area contributed by atoms with Crippen LogP contribution >= 0.6 is 0 Å². The van der Waals surface area contributed by atoms with Crippen LogP contribution in [-0.4, -0.2) is 35.4 Å². The van der Waals surface area contributed by atoms with Crippen molar-refractivity contribution in [2.24, 2.45) is 0 Å². The predicted octanol–water partition coefficient (Wildman–Crippen LogP) is 1.79. The van der Waals surface area contributed by atoms with Gasteiger partial charge in [0, 0.05) is 12.6 Å². The lowest BCUT2D eigenvalue weighted by molar-refractivity contribution is -0.146. The minimum atomic E-state index is -0.800. The van der Waals surface area contributed by atoms with Crippen molar-refractivity contribution in [1.29, 1.82) is 0 Å². The Balaban J connectivity index is 2.63. The number of aliphatic carboxylic acids is 1. The molecule has 4 nitrogen and oxygen atoms in total. The van der Waals surface area contributed by atoms with Gasteiger partial charge in [0.05, 0.1) is 6.10 Å². The highest BCUT2D eigenvalue weighted by Gasteiger charge is 2.38. The molecule has 1 aliphatic heterocycles. The first-order chi connectivity index (χ1) is 7.55. The quantitative estimate of drug-likeness (QED) is 0.729. The number of carboxylic acids is 1. The summed E-state index contributed by atoms with van der Waals surface area (Å²) in [6.45, 7) is 6.63. The van der Waals surface area contributed by atoms with Crippen LogP contribution in [-0.2, 0) is 9.53 Å². The first kappa shape index (κ1) is 13.5. The normalized spacial score (nSPS) is 23.3. The molecule has 4 heteroatoms. The van der Waals surface area contributed by atoms with Crippen LogP contribution in [0.15, 0.2) is 0 Å². The fourth-order valence-corrected chi connectivity index (χ4v) is 2.34. The Morgan fingerprint density at radius 1 is 1.56 bits per heavy atom. The van der Waals surface area contributed by atoms with E-state index >= 15 is 0 Å². The lowest BCUT2D eigenvalue weighted by atomic mass is 9.91. The van der Waals surface area contributed by atoms with E-state index in [1.54, 1.807) is 0 Å². The first-order valence-corrected chi connectivity index (χ1v) is 6.18. The van der Waals surface area contributed by atoms with Gasteiger partial charge in [0.2, 0.25) is 0 Å². The van der Waals surface area contributed by atoms with E-state index in [1.807, 2.05) is 20.8 Å². The summed E-state index contributed by atoms with van der Waals surface area (Å²) in [6, 6.07) is 0.0958. The lowest BCUT2D eigenvalue weighted by Gasteiger charge is -2.33. The molecule has 1 heterocycles. The third kappa shape index (κ3) is 2.74. The van der Waals surface area contributed by atoms with Crippen molar-refractivity contribution in [3.8, 4) is 0 Å². The van der Waals surface area contributed by atoms with Crippen molar-refractivity contribution >= 4 is 5.97 Å². The van der Waals surface area contributed by atoms with Crippen LogP contribution < -0.4 is 5.32 Å². The molecule has 0 saturated carbocycles.